The molecule has 1 heterocycles. The number of rotatable bonds is 1. The molecule has 1 saturated carbocycles. The molecule has 2 N–H and O–H groups in total. The quantitative estimate of drug-likeness (QED) is 0.652. The summed E-state index contributed by atoms with van der Waals surface area (Å²) in [5.41, 5.74) is 7.22. The molecular weight excluding hydrogens is 138 g/mol. The van der Waals surface area contributed by atoms with E-state index in [-0.39, 0.29) is 0 Å². The minimum atomic E-state index is 0.374. The third kappa shape index (κ3) is 0.914. The number of aromatic nitrogens is 2. The number of hydrogen-bond acceptors (Lipinski definition) is 2. The first-order valence-corrected chi connectivity index (χ1v) is 3.92. The molecule has 1 aromatic rings. The van der Waals surface area contributed by atoms with Crippen molar-refractivity contribution in [3.63, 3.8) is 0 Å². The highest BCUT2D eigenvalue weighted by molar-refractivity contribution is 5.35. The van der Waals surface area contributed by atoms with Crippen LogP contribution in [-0.4, -0.2) is 9.78 Å². The van der Waals surface area contributed by atoms with E-state index in [0.29, 0.717) is 11.2 Å². The van der Waals surface area contributed by atoms with E-state index < -0.39 is 0 Å². The van der Waals surface area contributed by atoms with Crippen molar-refractivity contribution in [2.24, 2.45) is 7.05 Å². The second-order valence-corrected chi connectivity index (χ2v) is 3.64. The zero-order valence-electron chi connectivity index (χ0n) is 6.96. The van der Waals surface area contributed by atoms with Crippen molar-refractivity contribution in [2.75, 3.05) is 5.73 Å². The lowest BCUT2D eigenvalue weighted by molar-refractivity contribution is 0.636. The second-order valence-electron chi connectivity index (χ2n) is 3.64. The highest BCUT2D eigenvalue weighted by atomic mass is 15.3. The van der Waals surface area contributed by atoms with Gasteiger partial charge in [-0.3, -0.25) is 4.68 Å². The van der Waals surface area contributed by atoms with Gasteiger partial charge in [0.25, 0.3) is 0 Å². The van der Waals surface area contributed by atoms with E-state index in [0.717, 1.165) is 0 Å². The predicted molar refractivity (Wildman–Crippen MR) is 44.2 cm³/mol. The van der Waals surface area contributed by atoms with Crippen LogP contribution >= 0.6 is 0 Å². The van der Waals surface area contributed by atoms with Gasteiger partial charge < -0.3 is 5.73 Å². The molecule has 0 atom stereocenters. The summed E-state index contributed by atoms with van der Waals surface area (Å²) in [7, 11) is 1.95. The summed E-state index contributed by atoms with van der Waals surface area (Å²) in [4.78, 5) is 0. The van der Waals surface area contributed by atoms with Crippen LogP contribution in [-0.2, 0) is 12.5 Å². The molecule has 3 heteroatoms. The molecule has 1 aliphatic carbocycles. The van der Waals surface area contributed by atoms with Gasteiger partial charge in [-0.2, -0.15) is 5.10 Å². The zero-order chi connectivity index (χ0) is 8.06. The smallest absolute Gasteiger partial charge is 0.145 e. The van der Waals surface area contributed by atoms with E-state index in [2.05, 4.69) is 12.0 Å². The normalized spacial score (nSPS) is 20.2. The monoisotopic (exact) mass is 151 g/mol. The van der Waals surface area contributed by atoms with Crippen molar-refractivity contribution in [1.82, 2.24) is 9.78 Å². The highest BCUT2D eigenvalue weighted by Gasteiger charge is 2.41. The van der Waals surface area contributed by atoms with E-state index in [1.54, 1.807) is 0 Å². The fourth-order valence-corrected chi connectivity index (χ4v) is 1.50. The van der Waals surface area contributed by atoms with Crippen molar-refractivity contribution in [2.45, 2.75) is 25.2 Å². The lowest BCUT2D eigenvalue weighted by Crippen LogP contribution is -2.07. The third-order valence-corrected chi connectivity index (χ3v) is 2.52. The summed E-state index contributed by atoms with van der Waals surface area (Å²) < 4.78 is 1.89. The van der Waals surface area contributed by atoms with Gasteiger partial charge in [-0.15, -0.1) is 0 Å². The number of nitrogens with two attached hydrogens (primary N) is 1. The molecule has 11 heavy (non-hydrogen) atoms. The summed E-state index contributed by atoms with van der Waals surface area (Å²) in [6.45, 7) is 2.25. The Morgan fingerprint density at radius 3 is 2.64 bits per heavy atom. The lowest BCUT2D eigenvalue weighted by Gasteiger charge is -2.06. The van der Waals surface area contributed by atoms with E-state index in [1.807, 2.05) is 17.8 Å². The Labute approximate surface area is 66.2 Å². The molecule has 0 bridgehead atoms. The first-order valence-electron chi connectivity index (χ1n) is 3.92. The van der Waals surface area contributed by atoms with Crippen molar-refractivity contribution in [3.8, 4) is 0 Å². The Kier molecular flexibility index (Phi) is 1.09. The fraction of sp³-hybridized carbons (Fsp3) is 0.625. The van der Waals surface area contributed by atoms with Crippen LogP contribution in [0.1, 0.15) is 25.5 Å². The predicted octanol–water partition coefficient (Wildman–Crippen LogP) is 1.05. The van der Waals surface area contributed by atoms with Gasteiger partial charge in [-0.1, -0.05) is 6.92 Å². The minimum absolute atomic E-state index is 0.374. The molecule has 0 unspecified atom stereocenters. The molecule has 1 fully saturated rings. The van der Waals surface area contributed by atoms with Crippen LogP contribution < -0.4 is 5.73 Å². The average molecular weight is 151 g/mol. The maximum Gasteiger partial charge on any atom is 0.145 e. The maximum atomic E-state index is 5.57. The number of nitrogen functional groups attached to an aromatic ring is 1. The molecule has 60 valence electrons. The SMILES string of the molecule is Cn1nc(N)cc1C1(C)CC1. The zero-order valence-corrected chi connectivity index (χ0v) is 6.96. The molecule has 1 aliphatic rings. The average Bonchev–Trinajstić information content (AvgIpc) is 2.55. The Balaban J connectivity index is 2.44. The Morgan fingerprint density at radius 2 is 2.27 bits per heavy atom. The summed E-state index contributed by atoms with van der Waals surface area (Å²) in [6, 6.07) is 1.98. The fourth-order valence-electron chi connectivity index (χ4n) is 1.50. The standard InChI is InChI=1S/C8H13N3/c1-8(3-4-8)6-5-7(9)10-11(6)2/h5H,3-4H2,1-2H3,(H2,9,10). The largest absolute Gasteiger partial charge is 0.382 e. The second kappa shape index (κ2) is 1.78. The van der Waals surface area contributed by atoms with Crippen LogP contribution in [0.3, 0.4) is 0 Å². The van der Waals surface area contributed by atoms with Crippen LogP contribution in [0.2, 0.25) is 0 Å². The summed E-state index contributed by atoms with van der Waals surface area (Å²) in [6.07, 6.45) is 2.54. The van der Waals surface area contributed by atoms with Gasteiger partial charge >= 0.3 is 0 Å². The molecular formula is C8H13N3. The molecule has 3 nitrogen and oxygen atoms in total. The van der Waals surface area contributed by atoms with Crippen LogP contribution in [0.15, 0.2) is 6.07 Å². The topological polar surface area (TPSA) is 43.8 Å². The maximum absolute atomic E-state index is 5.57. The van der Waals surface area contributed by atoms with Crippen LogP contribution in [0.5, 0.6) is 0 Å². The number of anilines is 1. The van der Waals surface area contributed by atoms with Gasteiger partial charge in [0.15, 0.2) is 0 Å². The molecule has 0 aliphatic heterocycles. The minimum Gasteiger partial charge on any atom is -0.382 e. The Hall–Kier alpha value is -0.990. The highest BCUT2D eigenvalue weighted by Crippen LogP contribution is 2.47. The van der Waals surface area contributed by atoms with Crippen LogP contribution in [0, 0.1) is 0 Å². The number of aryl methyl sites for hydroxylation is 1. The summed E-state index contributed by atoms with van der Waals surface area (Å²) >= 11 is 0. The van der Waals surface area contributed by atoms with E-state index in [4.69, 9.17) is 5.73 Å². The van der Waals surface area contributed by atoms with Gasteiger partial charge in [0.05, 0.1) is 0 Å². The Morgan fingerprint density at radius 1 is 1.64 bits per heavy atom. The van der Waals surface area contributed by atoms with E-state index in [1.165, 1.54) is 18.5 Å². The van der Waals surface area contributed by atoms with Crippen LogP contribution in [0.25, 0.3) is 0 Å². The summed E-state index contributed by atoms with van der Waals surface area (Å²) in [5.74, 6) is 0.635. The van der Waals surface area contributed by atoms with Gasteiger partial charge in [0, 0.05) is 24.2 Å². The molecule has 0 saturated heterocycles. The van der Waals surface area contributed by atoms with Crippen molar-refractivity contribution in [1.29, 1.82) is 0 Å². The van der Waals surface area contributed by atoms with Gasteiger partial charge in [0.2, 0.25) is 0 Å². The summed E-state index contributed by atoms with van der Waals surface area (Å²) in [5, 5.41) is 4.11. The molecule has 2 rings (SSSR count). The van der Waals surface area contributed by atoms with Gasteiger partial charge in [0.1, 0.15) is 5.82 Å². The molecule has 1 aromatic heterocycles. The van der Waals surface area contributed by atoms with E-state index >= 15 is 0 Å². The lowest BCUT2D eigenvalue weighted by atomic mass is 10.1. The molecule has 0 radical (unpaired) electrons. The number of hydrogen-bond donors (Lipinski definition) is 1. The first-order chi connectivity index (χ1) is 5.12. The number of nitrogens with zero attached hydrogens (tertiary/aromatic N) is 2. The third-order valence-electron chi connectivity index (χ3n) is 2.52. The van der Waals surface area contributed by atoms with E-state index in [9.17, 15) is 0 Å². The molecule has 0 amide bonds. The van der Waals surface area contributed by atoms with Crippen molar-refractivity contribution < 1.29 is 0 Å². The molecule has 0 spiro atoms. The van der Waals surface area contributed by atoms with Gasteiger partial charge in [-0.25, -0.2) is 0 Å². The van der Waals surface area contributed by atoms with Gasteiger partial charge in [-0.05, 0) is 12.8 Å². The van der Waals surface area contributed by atoms with Crippen molar-refractivity contribution >= 4 is 5.82 Å². The Bertz CT molecular complexity index is 284. The van der Waals surface area contributed by atoms with Crippen LogP contribution in [0.4, 0.5) is 5.82 Å². The first kappa shape index (κ1) is 6.70. The van der Waals surface area contributed by atoms with Crippen molar-refractivity contribution in [3.05, 3.63) is 11.8 Å². The molecule has 0 aromatic carbocycles.